The molecule has 1 heterocycles. The molecule has 0 saturated heterocycles. The van der Waals surface area contributed by atoms with Gasteiger partial charge >= 0.3 is 0 Å². The molecule has 1 aromatic heterocycles. The fourth-order valence-corrected chi connectivity index (χ4v) is 2.88. The standard InChI is InChI=1S/C19H22BrF2N3O2/c1-12(9-24-6-5-23)10-25-13(2)7-17(18(20)19(25)26)27-11-14-3-4-15(21)8-16(14)22/h3-4,7-9,24H,5-6,10-11,23H2,1-2H3/b12-9-. The number of nitrogens with one attached hydrogen (secondary N) is 1. The molecule has 0 saturated carbocycles. The van der Waals surface area contributed by atoms with Crippen molar-refractivity contribution in [3.8, 4) is 5.75 Å². The van der Waals surface area contributed by atoms with Crippen LogP contribution in [0.4, 0.5) is 8.78 Å². The molecule has 2 aromatic rings. The van der Waals surface area contributed by atoms with Crippen molar-refractivity contribution in [1.82, 2.24) is 9.88 Å². The number of nitrogens with zero attached hydrogens (tertiary/aromatic N) is 1. The molecule has 0 spiro atoms. The lowest BCUT2D eigenvalue weighted by Crippen LogP contribution is -2.25. The Bertz CT molecular complexity index is 897. The van der Waals surface area contributed by atoms with Gasteiger partial charge in [0.15, 0.2) is 0 Å². The number of ether oxygens (including phenoxy) is 1. The Morgan fingerprint density at radius 2 is 2.11 bits per heavy atom. The van der Waals surface area contributed by atoms with Crippen LogP contribution in [0.15, 0.2) is 45.3 Å². The Kier molecular flexibility index (Phi) is 7.55. The highest BCUT2D eigenvalue weighted by molar-refractivity contribution is 9.10. The van der Waals surface area contributed by atoms with Gasteiger partial charge in [-0.3, -0.25) is 4.79 Å². The van der Waals surface area contributed by atoms with Gasteiger partial charge in [-0.2, -0.15) is 0 Å². The molecular weight excluding hydrogens is 420 g/mol. The number of hydrogen-bond donors (Lipinski definition) is 2. The lowest BCUT2D eigenvalue weighted by molar-refractivity contribution is 0.295. The molecule has 0 amide bonds. The van der Waals surface area contributed by atoms with Gasteiger partial charge in [0.2, 0.25) is 0 Å². The van der Waals surface area contributed by atoms with Crippen LogP contribution in [0.25, 0.3) is 0 Å². The molecule has 2 rings (SSSR count). The van der Waals surface area contributed by atoms with E-state index in [0.717, 1.165) is 17.7 Å². The number of pyridine rings is 1. The Hall–Kier alpha value is -2.19. The van der Waals surface area contributed by atoms with Crippen LogP contribution in [-0.2, 0) is 13.2 Å². The Balaban J connectivity index is 2.18. The second-order valence-electron chi connectivity index (χ2n) is 6.11. The topological polar surface area (TPSA) is 69.3 Å². The first kappa shape index (κ1) is 21.1. The molecule has 1 aromatic carbocycles. The molecule has 27 heavy (non-hydrogen) atoms. The van der Waals surface area contributed by atoms with E-state index in [0.29, 0.717) is 31.1 Å². The molecule has 0 unspecified atom stereocenters. The second kappa shape index (κ2) is 9.66. The van der Waals surface area contributed by atoms with E-state index in [9.17, 15) is 13.6 Å². The zero-order valence-electron chi connectivity index (χ0n) is 15.2. The first-order chi connectivity index (χ1) is 12.8. The van der Waals surface area contributed by atoms with Crippen LogP contribution in [0.3, 0.4) is 0 Å². The van der Waals surface area contributed by atoms with Gasteiger partial charge in [-0.25, -0.2) is 8.78 Å². The second-order valence-corrected chi connectivity index (χ2v) is 6.91. The van der Waals surface area contributed by atoms with Gasteiger partial charge < -0.3 is 20.4 Å². The van der Waals surface area contributed by atoms with Crippen LogP contribution in [0.5, 0.6) is 5.75 Å². The predicted molar refractivity (Wildman–Crippen MR) is 105 cm³/mol. The maximum absolute atomic E-state index is 13.7. The number of aromatic nitrogens is 1. The van der Waals surface area contributed by atoms with E-state index in [2.05, 4.69) is 21.2 Å². The van der Waals surface area contributed by atoms with E-state index in [-0.39, 0.29) is 22.2 Å². The van der Waals surface area contributed by atoms with Crippen LogP contribution >= 0.6 is 15.9 Å². The number of allylic oxidation sites excluding steroid dienone is 1. The van der Waals surface area contributed by atoms with E-state index in [1.165, 1.54) is 6.07 Å². The summed E-state index contributed by atoms with van der Waals surface area (Å²) in [4.78, 5) is 12.6. The summed E-state index contributed by atoms with van der Waals surface area (Å²) in [6.45, 7) is 5.17. The van der Waals surface area contributed by atoms with Gasteiger partial charge in [-0.05, 0) is 53.7 Å². The van der Waals surface area contributed by atoms with Crippen molar-refractivity contribution in [2.75, 3.05) is 13.1 Å². The fraction of sp³-hybridized carbons (Fsp3) is 0.316. The smallest absolute Gasteiger partial charge is 0.269 e. The van der Waals surface area contributed by atoms with Crippen LogP contribution < -0.4 is 21.3 Å². The summed E-state index contributed by atoms with van der Waals surface area (Å²) in [6.07, 6.45) is 1.83. The summed E-state index contributed by atoms with van der Waals surface area (Å²) in [5, 5.41) is 3.07. The van der Waals surface area contributed by atoms with E-state index in [4.69, 9.17) is 10.5 Å². The lowest BCUT2D eigenvalue weighted by Gasteiger charge is -2.15. The van der Waals surface area contributed by atoms with Crippen molar-refractivity contribution < 1.29 is 13.5 Å². The predicted octanol–water partition coefficient (Wildman–Crippen LogP) is 3.23. The Labute approximate surface area is 165 Å². The number of aryl methyl sites for hydroxylation is 1. The van der Waals surface area contributed by atoms with Crippen molar-refractivity contribution in [1.29, 1.82) is 0 Å². The van der Waals surface area contributed by atoms with E-state index in [1.54, 1.807) is 17.6 Å². The summed E-state index contributed by atoms with van der Waals surface area (Å²) >= 11 is 3.26. The molecule has 0 aliphatic carbocycles. The molecule has 0 aliphatic rings. The summed E-state index contributed by atoms with van der Waals surface area (Å²) in [5.74, 6) is -1.04. The summed E-state index contributed by atoms with van der Waals surface area (Å²) in [6, 6.07) is 4.97. The van der Waals surface area contributed by atoms with E-state index < -0.39 is 11.6 Å². The highest BCUT2D eigenvalue weighted by Crippen LogP contribution is 2.24. The minimum atomic E-state index is -0.693. The quantitative estimate of drug-likeness (QED) is 0.617. The number of benzene rings is 1. The maximum Gasteiger partial charge on any atom is 0.269 e. The summed E-state index contributed by atoms with van der Waals surface area (Å²) in [5.41, 5.74) is 7.04. The largest absolute Gasteiger partial charge is 0.487 e. The highest BCUT2D eigenvalue weighted by atomic mass is 79.9. The Morgan fingerprint density at radius 3 is 2.78 bits per heavy atom. The number of halogens is 3. The summed E-state index contributed by atoms with van der Waals surface area (Å²) < 4.78 is 34.1. The minimum absolute atomic E-state index is 0.116. The highest BCUT2D eigenvalue weighted by Gasteiger charge is 2.13. The minimum Gasteiger partial charge on any atom is -0.487 e. The Morgan fingerprint density at radius 1 is 1.37 bits per heavy atom. The molecule has 8 heteroatoms. The van der Waals surface area contributed by atoms with Crippen LogP contribution in [0.2, 0.25) is 0 Å². The van der Waals surface area contributed by atoms with Crippen molar-refractivity contribution in [3.05, 3.63) is 73.8 Å². The van der Waals surface area contributed by atoms with Crippen molar-refractivity contribution in [2.45, 2.75) is 27.0 Å². The van der Waals surface area contributed by atoms with Crippen molar-refractivity contribution in [3.63, 3.8) is 0 Å². The first-order valence-corrected chi connectivity index (χ1v) is 9.18. The van der Waals surface area contributed by atoms with Crippen LogP contribution in [-0.4, -0.2) is 17.7 Å². The first-order valence-electron chi connectivity index (χ1n) is 8.39. The molecule has 3 N–H and O–H groups in total. The van der Waals surface area contributed by atoms with Gasteiger partial charge in [0, 0.05) is 43.0 Å². The third-order valence-electron chi connectivity index (χ3n) is 3.86. The van der Waals surface area contributed by atoms with E-state index in [1.807, 2.05) is 13.1 Å². The summed E-state index contributed by atoms with van der Waals surface area (Å²) in [7, 11) is 0. The molecular formula is C19H22BrF2N3O2. The van der Waals surface area contributed by atoms with Gasteiger partial charge in [-0.1, -0.05) is 0 Å². The average molecular weight is 442 g/mol. The fourth-order valence-electron chi connectivity index (χ4n) is 2.44. The normalized spacial score (nSPS) is 11.6. The molecule has 0 bridgehead atoms. The van der Waals surface area contributed by atoms with Crippen molar-refractivity contribution >= 4 is 15.9 Å². The zero-order chi connectivity index (χ0) is 20.0. The molecule has 0 atom stereocenters. The zero-order valence-corrected chi connectivity index (χ0v) is 16.8. The number of nitrogens with two attached hydrogens (primary N) is 1. The average Bonchev–Trinajstić information content (AvgIpc) is 2.62. The van der Waals surface area contributed by atoms with Crippen molar-refractivity contribution in [2.24, 2.45) is 5.73 Å². The maximum atomic E-state index is 13.7. The molecule has 0 fully saturated rings. The molecule has 0 aliphatic heterocycles. The van der Waals surface area contributed by atoms with Gasteiger partial charge in [0.1, 0.15) is 28.5 Å². The van der Waals surface area contributed by atoms with Crippen LogP contribution in [0, 0.1) is 18.6 Å². The number of rotatable bonds is 8. The van der Waals surface area contributed by atoms with Gasteiger partial charge in [0.05, 0.1) is 0 Å². The lowest BCUT2D eigenvalue weighted by atomic mass is 10.2. The monoisotopic (exact) mass is 441 g/mol. The third-order valence-corrected chi connectivity index (χ3v) is 4.59. The SMILES string of the molecule is C/C(=C/NCCN)Cn1c(C)cc(OCc2ccc(F)cc2F)c(Br)c1=O. The van der Waals surface area contributed by atoms with Crippen LogP contribution in [0.1, 0.15) is 18.2 Å². The number of hydrogen-bond acceptors (Lipinski definition) is 4. The molecule has 5 nitrogen and oxygen atoms in total. The molecule has 146 valence electrons. The van der Waals surface area contributed by atoms with E-state index >= 15 is 0 Å². The van der Waals surface area contributed by atoms with Gasteiger partial charge in [-0.15, -0.1) is 0 Å². The van der Waals surface area contributed by atoms with Gasteiger partial charge in [0.25, 0.3) is 5.56 Å². The molecule has 0 radical (unpaired) electrons. The third kappa shape index (κ3) is 5.64.